The van der Waals surface area contributed by atoms with Crippen molar-refractivity contribution in [3.63, 3.8) is 0 Å². The van der Waals surface area contributed by atoms with E-state index in [0.29, 0.717) is 5.16 Å². The maximum absolute atomic E-state index is 2.67. The van der Waals surface area contributed by atoms with Crippen molar-refractivity contribution in [3.8, 4) is 0 Å². The number of hydrogen-bond acceptors (Lipinski definition) is 0. The van der Waals surface area contributed by atoms with Gasteiger partial charge in [-0.05, 0) is 48.8 Å². The Labute approximate surface area is 129 Å². The van der Waals surface area contributed by atoms with E-state index in [0.717, 1.165) is 11.8 Å². The van der Waals surface area contributed by atoms with Gasteiger partial charge in [0.15, 0.2) is 0 Å². The van der Waals surface area contributed by atoms with E-state index in [9.17, 15) is 0 Å². The Morgan fingerprint density at radius 3 is 2.05 bits per heavy atom. The molecule has 3 atom stereocenters. The molecule has 20 heavy (non-hydrogen) atoms. The van der Waals surface area contributed by atoms with E-state index in [1.54, 1.807) is 12.8 Å². The predicted octanol–water partition coefficient (Wildman–Crippen LogP) is 6.77. The molecule has 2 aliphatic rings. The van der Waals surface area contributed by atoms with E-state index >= 15 is 0 Å². The van der Waals surface area contributed by atoms with Crippen LogP contribution in [-0.4, -0.2) is 11.3 Å². The van der Waals surface area contributed by atoms with E-state index in [4.69, 9.17) is 0 Å². The molecule has 1 aliphatic heterocycles. The van der Waals surface area contributed by atoms with Crippen molar-refractivity contribution < 1.29 is 0 Å². The molecule has 0 aromatic heterocycles. The summed E-state index contributed by atoms with van der Waals surface area (Å²) >= 11 is 0. The van der Waals surface area contributed by atoms with Crippen LogP contribution in [0.2, 0.25) is 0 Å². The van der Waals surface area contributed by atoms with E-state index in [2.05, 4.69) is 13.8 Å². The molecule has 0 aromatic rings. The molecular formula is C19H37P. The third-order valence-corrected chi connectivity index (χ3v) is 8.12. The number of hydrogen-bond donors (Lipinski definition) is 0. The molecule has 2 rings (SSSR count). The first-order chi connectivity index (χ1) is 9.71. The molecule has 0 N–H and O–H groups in total. The van der Waals surface area contributed by atoms with Crippen LogP contribution >= 0.6 is 8.58 Å². The van der Waals surface area contributed by atoms with Gasteiger partial charge in [0, 0.05) is 0 Å². The molecule has 0 bridgehead atoms. The maximum Gasteiger partial charge on any atom is -0.0122 e. The molecule has 1 aliphatic carbocycles. The average Bonchev–Trinajstić information content (AvgIpc) is 2.61. The van der Waals surface area contributed by atoms with Crippen molar-refractivity contribution in [1.29, 1.82) is 0 Å². The fraction of sp³-hybridized carbons (Fsp3) is 1.00. The summed E-state index contributed by atoms with van der Waals surface area (Å²) in [6, 6.07) is 0. The van der Waals surface area contributed by atoms with Gasteiger partial charge in [-0.3, -0.25) is 0 Å². The van der Waals surface area contributed by atoms with Crippen LogP contribution in [0.15, 0.2) is 0 Å². The lowest BCUT2D eigenvalue weighted by Crippen LogP contribution is -2.30. The first-order valence-electron chi connectivity index (χ1n) is 9.46. The van der Waals surface area contributed by atoms with E-state index in [-0.39, 0.29) is 0 Å². The molecule has 1 saturated heterocycles. The summed E-state index contributed by atoms with van der Waals surface area (Å²) in [5, 5.41) is 0.703. The normalized spacial score (nSPS) is 37.2. The molecule has 0 spiro atoms. The first kappa shape index (κ1) is 16.8. The average molecular weight is 296 g/mol. The van der Waals surface area contributed by atoms with Crippen LogP contribution in [0.5, 0.6) is 0 Å². The summed E-state index contributed by atoms with van der Waals surface area (Å²) in [6.45, 7) is 5.15. The summed E-state index contributed by atoms with van der Waals surface area (Å²) in [7, 11) is 1.24. The standard InChI is InChI=1S/C19H37P/c1-17-11-9-15-19(2,20-16-10-12-17)18-13-7-5-3-4-6-8-14-18/h17-18,20H,3-16H2,1-2H3. The van der Waals surface area contributed by atoms with Gasteiger partial charge in [0.05, 0.1) is 0 Å². The molecule has 1 saturated carbocycles. The van der Waals surface area contributed by atoms with Gasteiger partial charge in [-0.1, -0.05) is 71.6 Å². The van der Waals surface area contributed by atoms with Crippen LogP contribution in [0.1, 0.15) is 97.3 Å². The quantitative estimate of drug-likeness (QED) is 0.468. The van der Waals surface area contributed by atoms with Crippen LogP contribution in [0.4, 0.5) is 0 Å². The zero-order valence-corrected chi connectivity index (χ0v) is 15.1. The lowest BCUT2D eigenvalue weighted by atomic mass is 9.81. The molecule has 1 heterocycles. The lowest BCUT2D eigenvalue weighted by Gasteiger charge is -2.38. The minimum atomic E-state index is 0.703. The fourth-order valence-electron chi connectivity index (χ4n) is 4.49. The van der Waals surface area contributed by atoms with Crippen LogP contribution in [0, 0.1) is 11.8 Å². The Bertz CT molecular complexity index is 252. The van der Waals surface area contributed by atoms with Gasteiger partial charge in [0.25, 0.3) is 0 Å². The molecule has 3 unspecified atom stereocenters. The second-order valence-electron chi connectivity index (χ2n) is 7.88. The van der Waals surface area contributed by atoms with Crippen molar-refractivity contribution in [2.45, 2.75) is 102 Å². The SMILES string of the molecule is CC1CCCPC(C)(C2CCCCCCCC2)CCC1. The van der Waals surface area contributed by atoms with Crippen LogP contribution < -0.4 is 0 Å². The molecule has 1 heteroatoms. The Balaban J connectivity index is 1.96. The summed E-state index contributed by atoms with van der Waals surface area (Å²) in [5.74, 6) is 2.04. The molecule has 2 fully saturated rings. The van der Waals surface area contributed by atoms with Crippen LogP contribution in [0.25, 0.3) is 0 Å². The lowest BCUT2D eigenvalue weighted by molar-refractivity contribution is 0.308. The van der Waals surface area contributed by atoms with Gasteiger partial charge in [-0.25, -0.2) is 0 Å². The molecule has 0 aromatic carbocycles. The van der Waals surface area contributed by atoms with Crippen molar-refractivity contribution in [2.24, 2.45) is 11.8 Å². The Kier molecular flexibility index (Phi) is 7.37. The van der Waals surface area contributed by atoms with E-state index < -0.39 is 0 Å². The molecule has 118 valence electrons. The van der Waals surface area contributed by atoms with Gasteiger partial charge in [0.2, 0.25) is 0 Å². The van der Waals surface area contributed by atoms with Gasteiger partial charge in [-0.15, -0.1) is 8.58 Å². The topological polar surface area (TPSA) is 0 Å². The van der Waals surface area contributed by atoms with Crippen molar-refractivity contribution in [2.75, 3.05) is 6.16 Å². The molecule has 0 amide bonds. The molecule has 0 nitrogen and oxygen atoms in total. The second-order valence-corrected chi connectivity index (χ2v) is 9.88. The van der Waals surface area contributed by atoms with Gasteiger partial charge in [0.1, 0.15) is 0 Å². The van der Waals surface area contributed by atoms with Crippen molar-refractivity contribution in [1.82, 2.24) is 0 Å². The van der Waals surface area contributed by atoms with Gasteiger partial charge < -0.3 is 0 Å². The van der Waals surface area contributed by atoms with Gasteiger partial charge >= 0.3 is 0 Å². The summed E-state index contributed by atoms with van der Waals surface area (Å²) < 4.78 is 0. The largest absolute Gasteiger partial charge is 0.116 e. The number of rotatable bonds is 1. The van der Waals surface area contributed by atoms with Crippen LogP contribution in [-0.2, 0) is 0 Å². The minimum Gasteiger partial charge on any atom is -0.116 e. The smallest absolute Gasteiger partial charge is 0.0122 e. The third-order valence-electron chi connectivity index (χ3n) is 6.05. The monoisotopic (exact) mass is 296 g/mol. The third kappa shape index (κ3) is 5.32. The molecular weight excluding hydrogens is 259 g/mol. The zero-order chi connectivity index (χ0) is 14.3. The highest BCUT2D eigenvalue weighted by Crippen LogP contribution is 2.48. The first-order valence-corrected chi connectivity index (χ1v) is 10.7. The van der Waals surface area contributed by atoms with Crippen LogP contribution in [0.3, 0.4) is 0 Å². The van der Waals surface area contributed by atoms with Crippen molar-refractivity contribution in [3.05, 3.63) is 0 Å². The maximum atomic E-state index is 2.67. The predicted molar refractivity (Wildman–Crippen MR) is 94.3 cm³/mol. The van der Waals surface area contributed by atoms with E-state index in [1.807, 2.05) is 0 Å². The summed E-state index contributed by atoms with van der Waals surface area (Å²) in [4.78, 5) is 0. The molecule has 0 radical (unpaired) electrons. The summed E-state index contributed by atoms with van der Waals surface area (Å²) in [5.41, 5.74) is 0. The highest BCUT2D eigenvalue weighted by atomic mass is 31.1. The minimum absolute atomic E-state index is 0.703. The highest BCUT2D eigenvalue weighted by Gasteiger charge is 2.33. The van der Waals surface area contributed by atoms with E-state index in [1.165, 1.54) is 85.4 Å². The fourth-order valence-corrected chi connectivity index (χ4v) is 6.38. The Morgan fingerprint density at radius 2 is 1.35 bits per heavy atom. The second kappa shape index (κ2) is 8.77. The summed E-state index contributed by atoms with van der Waals surface area (Å²) in [6.07, 6.45) is 21.2. The van der Waals surface area contributed by atoms with Crippen molar-refractivity contribution >= 4 is 8.58 Å². The Morgan fingerprint density at radius 1 is 0.750 bits per heavy atom. The zero-order valence-electron chi connectivity index (χ0n) is 14.1. The van der Waals surface area contributed by atoms with Gasteiger partial charge in [-0.2, -0.15) is 0 Å². The Hall–Kier alpha value is 0.430. The highest BCUT2D eigenvalue weighted by molar-refractivity contribution is 7.40.